The van der Waals surface area contributed by atoms with E-state index in [2.05, 4.69) is 5.32 Å². The van der Waals surface area contributed by atoms with Crippen molar-refractivity contribution in [2.45, 2.75) is 20.0 Å². The standard InChI is InChI=1S/C12H16N2O3/c1-7-6-9(13)4-5-10(7)12(16)17-8(2)11(15)14-3/h4-6,8H,13H2,1-3H3,(H,14,15). The zero-order valence-corrected chi connectivity index (χ0v) is 10.1. The lowest BCUT2D eigenvalue weighted by Gasteiger charge is -2.12. The van der Waals surface area contributed by atoms with Crippen molar-refractivity contribution < 1.29 is 14.3 Å². The number of hydrogen-bond acceptors (Lipinski definition) is 4. The van der Waals surface area contributed by atoms with Gasteiger partial charge in [-0.1, -0.05) is 0 Å². The van der Waals surface area contributed by atoms with Gasteiger partial charge in [-0.05, 0) is 37.6 Å². The van der Waals surface area contributed by atoms with Crippen LogP contribution in [0.5, 0.6) is 0 Å². The molecule has 1 rings (SSSR count). The van der Waals surface area contributed by atoms with Gasteiger partial charge in [0.1, 0.15) is 0 Å². The normalized spacial score (nSPS) is 11.7. The number of carbonyl (C=O) groups is 2. The van der Waals surface area contributed by atoms with Crippen molar-refractivity contribution in [3.63, 3.8) is 0 Å². The van der Waals surface area contributed by atoms with Crippen molar-refractivity contribution in [2.24, 2.45) is 0 Å². The second-order valence-corrected chi connectivity index (χ2v) is 3.74. The summed E-state index contributed by atoms with van der Waals surface area (Å²) in [4.78, 5) is 23.0. The molecule has 3 N–H and O–H groups in total. The summed E-state index contributed by atoms with van der Waals surface area (Å²) in [5.74, 6) is -0.870. The third kappa shape index (κ3) is 3.21. The van der Waals surface area contributed by atoms with E-state index in [1.165, 1.54) is 14.0 Å². The highest BCUT2D eigenvalue weighted by Crippen LogP contribution is 2.14. The lowest BCUT2D eigenvalue weighted by Crippen LogP contribution is -2.33. The summed E-state index contributed by atoms with van der Waals surface area (Å²) in [5, 5.41) is 2.41. The lowest BCUT2D eigenvalue weighted by atomic mass is 10.1. The molecule has 0 radical (unpaired) electrons. The van der Waals surface area contributed by atoms with Crippen molar-refractivity contribution in [3.8, 4) is 0 Å². The molecule has 0 spiro atoms. The summed E-state index contributed by atoms with van der Waals surface area (Å²) < 4.78 is 5.02. The van der Waals surface area contributed by atoms with Crippen LogP contribution < -0.4 is 11.1 Å². The molecule has 0 bridgehead atoms. The molecule has 0 aromatic heterocycles. The number of amides is 1. The Hall–Kier alpha value is -2.04. The molecule has 92 valence electrons. The number of benzene rings is 1. The van der Waals surface area contributed by atoms with E-state index in [9.17, 15) is 9.59 Å². The van der Waals surface area contributed by atoms with Crippen LogP contribution >= 0.6 is 0 Å². The number of carbonyl (C=O) groups excluding carboxylic acids is 2. The van der Waals surface area contributed by atoms with E-state index in [0.717, 1.165) is 5.56 Å². The van der Waals surface area contributed by atoms with Crippen LogP contribution in [0.3, 0.4) is 0 Å². The number of hydrogen-bond donors (Lipinski definition) is 2. The third-order valence-corrected chi connectivity index (χ3v) is 2.37. The predicted molar refractivity (Wildman–Crippen MR) is 64.5 cm³/mol. The predicted octanol–water partition coefficient (Wildman–Crippen LogP) is 0.869. The van der Waals surface area contributed by atoms with E-state index in [-0.39, 0.29) is 5.91 Å². The summed E-state index contributed by atoms with van der Waals surface area (Å²) in [6, 6.07) is 4.89. The summed E-state index contributed by atoms with van der Waals surface area (Å²) in [6.45, 7) is 3.28. The largest absolute Gasteiger partial charge is 0.449 e. The number of anilines is 1. The molecule has 0 aliphatic heterocycles. The Balaban J connectivity index is 2.80. The molecule has 0 heterocycles. The monoisotopic (exact) mass is 236 g/mol. The minimum atomic E-state index is -0.815. The fourth-order valence-corrected chi connectivity index (χ4v) is 1.40. The minimum absolute atomic E-state index is 0.341. The quantitative estimate of drug-likeness (QED) is 0.602. The number of nitrogens with two attached hydrogens (primary N) is 1. The van der Waals surface area contributed by atoms with Gasteiger partial charge in [0.15, 0.2) is 6.10 Å². The molecule has 17 heavy (non-hydrogen) atoms. The molecule has 1 unspecified atom stereocenters. The highest BCUT2D eigenvalue weighted by molar-refractivity contribution is 5.93. The number of likely N-dealkylation sites (N-methyl/N-ethyl adjacent to an activating group) is 1. The summed E-state index contributed by atoms with van der Waals surface area (Å²) in [7, 11) is 1.49. The Kier molecular flexibility index (Phi) is 4.09. The van der Waals surface area contributed by atoms with Crippen LogP contribution in [0, 0.1) is 6.92 Å². The molecule has 0 aliphatic carbocycles. The average molecular weight is 236 g/mol. The SMILES string of the molecule is CNC(=O)C(C)OC(=O)c1ccc(N)cc1C. The van der Waals surface area contributed by atoms with Crippen LogP contribution in [0.1, 0.15) is 22.8 Å². The van der Waals surface area contributed by atoms with Crippen LogP contribution in [-0.2, 0) is 9.53 Å². The van der Waals surface area contributed by atoms with Gasteiger partial charge in [0.05, 0.1) is 5.56 Å². The molecule has 0 aliphatic rings. The van der Waals surface area contributed by atoms with Crippen molar-refractivity contribution in [3.05, 3.63) is 29.3 Å². The van der Waals surface area contributed by atoms with Gasteiger partial charge in [0.2, 0.25) is 0 Å². The maximum absolute atomic E-state index is 11.8. The first-order chi connectivity index (χ1) is 7.95. The Morgan fingerprint density at radius 2 is 2.06 bits per heavy atom. The highest BCUT2D eigenvalue weighted by atomic mass is 16.5. The Bertz CT molecular complexity index is 443. The van der Waals surface area contributed by atoms with Gasteiger partial charge in [0, 0.05) is 12.7 Å². The molecule has 5 heteroatoms. The molecular weight excluding hydrogens is 220 g/mol. The molecule has 5 nitrogen and oxygen atoms in total. The second kappa shape index (κ2) is 5.34. The molecule has 1 amide bonds. The number of nitrogens with one attached hydrogen (secondary N) is 1. The molecule has 0 saturated carbocycles. The van der Waals surface area contributed by atoms with Crippen LogP contribution in [0.2, 0.25) is 0 Å². The summed E-state index contributed by atoms with van der Waals surface area (Å²) >= 11 is 0. The zero-order chi connectivity index (χ0) is 13.0. The highest BCUT2D eigenvalue weighted by Gasteiger charge is 2.18. The first-order valence-electron chi connectivity index (χ1n) is 5.24. The van der Waals surface area contributed by atoms with Crippen LogP contribution in [-0.4, -0.2) is 25.0 Å². The number of aryl methyl sites for hydroxylation is 1. The molecule has 1 aromatic carbocycles. The number of esters is 1. The van der Waals surface area contributed by atoms with E-state index in [0.29, 0.717) is 11.3 Å². The van der Waals surface area contributed by atoms with E-state index in [4.69, 9.17) is 10.5 Å². The lowest BCUT2D eigenvalue weighted by molar-refractivity contribution is -0.128. The van der Waals surface area contributed by atoms with Crippen molar-refractivity contribution in [1.82, 2.24) is 5.32 Å². The topological polar surface area (TPSA) is 81.4 Å². The minimum Gasteiger partial charge on any atom is -0.449 e. The Morgan fingerprint density at radius 3 is 2.59 bits per heavy atom. The second-order valence-electron chi connectivity index (χ2n) is 3.74. The molecule has 1 aromatic rings. The number of nitrogen functional groups attached to an aromatic ring is 1. The molecule has 1 atom stereocenters. The number of ether oxygens (including phenoxy) is 1. The smallest absolute Gasteiger partial charge is 0.339 e. The maximum atomic E-state index is 11.8. The van der Waals surface area contributed by atoms with Crippen molar-refractivity contribution >= 4 is 17.6 Å². The van der Waals surface area contributed by atoms with Gasteiger partial charge in [0.25, 0.3) is 5.91 Å². The van der Waals surface area contributed by atoms with Crippen molar-refractivity contribution in [2.75, 3.05) is 12.8 Å². The summed E-state index contributed by atoms with van der Waals surface area (Å²) in [5.41, 5.74) is 7.30. The zero-order valence-electron chi connectivity index (χ0n) is 10.1. The average Bonchev–Trinajstić information content (AvgIpc) is 2.27. The van der Waals surface area contributed by atoms with Gasteiger partial charge in [-0.25, -0.2) is 4.79 Å². The third-order valence-electron chi connectivity index (χ3n) is 2.37. The first-order valence-corrected chi connectivity index (χ1v) is 5.24. The van der Waals surface area contributed by atoms with Crippen LogP contribution in [0.25, 0.3) is 0 Å². The Labute approximate surface area is 99.9 Å². The van der Waals surface area contributed by atoms with Gasteiger partial charge in [-0.15, -0.1) is 0 Å². The van der Waals surface area contributed by atoms with Gasteiger partial charge < -0.3 is 15.8 Å². The van der Waals surface area contributed by atoms with Gasteiger partial charge in [-0.3, -0.25) is 4.79 Å². The van der Waals surface area contributed by atoms with Crippen LogP contribution in [0.15, 0.2) is 18.2 Å². The van der Waals surface area contributed by atoms with Gasteiger partial charge >= 0.3 is 5.97 Å². The number of rotatable bonds is 3. The molecule has 0 fully saturated rings. The first kappa shape index (κ1) is 13.0. The Morgan fingerprint density at radius 1 is 1.41 bits per heavy atom. The van der Waals surface area contributed by atoms with E-state index < -0.39 is 12.1 Å². The fourth-order valence-electron chi connectivity index (χ4n) is 1.40. The maximum Gasteiger partial charge on any atom is 0.339 e. The van der Waals surface area contributed by atoms with Gasteiger partial charge in [-0.2, -0.15) is 0 Å². The van der Waals surface area contributed by atoms with E-state index in [1.54, 1.807) is 25.1 Å². The van der Waals surface area contributed by atoms with E-state index in [1.807, 2.05) is 0 Å². The van der Waals surface area contributed by atoms with E-state index >= 15 is 0 Å². The van der Waals surface area contributed by atoms with Crippen molar-refractivity contribution in [1.29, 1.82) is 0 Å². The molecular formula is C12H16N2O3. The fraction of sp³-hybridized carbons (Fsp3) is 0.333. The van der Waals surface area contributed by atoms with Crippen LogP contribution in [0.4, 0.5) is 5.69 Å². The summed E-state index contributed by atoms with van der Waals surface area (Å²) in [6.07, 6.45) is -0.815. The molecule has 0 saturated heterocycles.